The van der Waals surface area contributed by atoms with E-state index in [1.807, 2.05) is 0 Å². The van der Waals surface area contributed by atoms with Gasteiger partial charge >= 0.3 is 0 Å². The highest BCUT2D eigenvalue weighted by atomic mass is 35.5. The Balaban J connectivity index is 2.20. The third kappa shape index (κ3) is 2.29. The molecule has 2 aromatic rings. The zero-order valence-electron chi connectivity index (χ0n) is 11.1. The minimum absolute atomic E-state index is 0.233. The summed E-state index contributed by atoms with van der Waals surface area (Å²) in [6, 6.07) is 7.63. The number of nitrogens with two attached hydrogens (primary N) is 2. The van der Waals surface area contributed by atoms with Crippen molar-refractivity contribution in [2.45, 2.75) is 6.42 Å². The van der Waals surface area contributed by atoms with E-state index in [0.29, 0.717) is 28.6 Å². The highest BCUT2D eigenvalue weighted by Crippen LogP contribution is 2.41. The molecule has 1 aliphatic rings. The maximum atomic E-state index is 13.5. The molecule has 1 heterocycles. The summed E-state index contributed by atoms with van der Waals surface area (Å²) in [5.74, 6) is -0.961. The topological polar surface area (TPSA) is 72.3 Å². The molecular formula is C15H13ClFN3O. The molecule has 0 fully saturated rings. The number of hydrogen-bond donors (Lipinski definition) is 2. The van der Waals surface area contributed by atoms with Gasteiger partial charge in [0.25, 0.3) is 5.91 Å². The first-order valence-corrected chi connectivity index (χ1v) is 6.80. The lowest BCUT2D eigenvalue weighted by molar-refractivity contribution is 0.100. The second-order valence-electron chi connectivity index (χ2n) is 4.94. The Morgan fingerprint density at radius 1 is 1.29 bits per heavy atom. The van der Waals surface area contributed by atoms with Crippen LogP contribution in [0.3, 0.4) is 0 Å². The van der Waals surface area contributed by atoms with Crippen LogP contribution in [0.1, 0.15) is 15.9 Å². The second-order valence-corrected chi connectivity index (χ2v) is 5.35. The second kappa shape index (κ2) is 4.93. The summed E-state index contributed by atoms with van der Waals surface area (Å²) in [6.07, 6.45) is 0.745. The normalized spacial score (nSPS) is 13.3. The van der Waals surface area contributed by atoms with Crippen LogP contribution in [0.5, 0.6) is 0 Å². The number of benzene rings is 2. The van der Waals surface area contributed by atoms with Crippen LogP contribution in [0.25, 0.3) is 0 Å². The molecule has 4 N–H and O–H groups in total. The highest BCUT2D eigenvalue weighted by Gasteiger charge is 2.26. The number of nitrogens with zero attached hydrogens (tertiary/aromatic N) is 1. The number of nitrogen functional groups attached to an aromatic ring is 1. The van der Waals surface area contributed by atoms with Gasteiger partial charge < -0.3 is 16.4 Å². The lowest BCUT2D eigenvalue weighted by atomic mass is 10.1. The molecule has 1 amide bonds. The molecule has 0 aliphatic carbocycles. The Labute approximate surface area is 126 Å². The molecule has 3 rings (SSSR count). The molecular weight excluding hydrogens is 293 g/mol. The van der Waals surface area contributed by atoms with Gasteiger partial charge in [0.2, 0.25) is 0 Å². The molecule has 21 heavy (non-hydrogen) atoms. The fourth-order valence-electron chi connectivity index (χ4n) is 2.67. The highest BCUT2D eigenvalue weighted by molar-refractivity contribution is 6.34. The molecule has 0 saturated heterocycles. The molecule has 4 nitrogen and oxygen atoms in total. The molecule has 0 unspecified atom stereocenters. The van der Waals surface area contributed by atoms with Crippen LogP contribution in [0, 0.1) is 5.82 Å². The first-order chi connectivity index (χ1) is 9.97. The molecule has 1 aliphatic heterocycles. The lowest BCUT2D eigenvalue weighted by Gasteiger charge is -2.23. The number of fused-ring (bicyclic) bond motifs is 1. The van der Waals surface area contributed by atoms with E-state index in [9.17, 15) is 9.18 Å². The summed E-state index contributed by atoms with van der Waals surface area (Å²) >= 11 is 6.24. The molecule has 0 aromatic heterocycles. The van der Waals surface area contributed by atoms with Gasteiger partial charge in [0, 0.05) is 17.9 Å². The smallest absolute Gasteiger partial charge is 0.250 e. The standard InChI is InChI=1S/C15H13ClFN3O/c16-12-7-10(18)6-11(15(19)21)14(12)20-4-3-8-1-2-9(17)5-13(8)20/h1-2,5-7H,3-4,18H2,(H2,19,21). The summed E-state index contributed by atoms with van der Waals surface area (Å²) in [6.45, 7) is 0.600. The Hall–Kier alpha value is -2.27. The van der Waals surface area contributed by atoms with E-state index in [0.717, 1.165) is 12.0 Å². The van der Waals surface area contributed by atoms with Crippen molar-refractivity contribution in [3.63, 3.8) is 0 Å². The number of anilines is 3. The van der Waals surface area contributed by atoms with E-state index < -0.39 is 5.91 Å². The zero-order chi connectivity index (χ0) is 15.1. The first-order valence-electron chi connectivity index (χ1n) is 6.42. The van der Waals surface area contributed by atoms with Gasteiger partial charge in [0.1, 0.15) is 5.82 Å². The third-order valence-electron chi connectivity index (χ3n) is 3.56. The number of carbonyl (C=O) groups excluding carboxylic acids is 1. The summed E-state index contributed by atoms with van der Waals surface area (Å²) in [5.41, 5.74) is 13.9. The number of hydrogen-bond acceptors (Lipinski definition) is 3. The predicted octanol–water partition coefficient (Wildman–Crippen LogP) is 2.85. The third-order valence-corrected chi connectivity index (χ3v) is 3.85. The van der Waals surface area contributed by atoms with Crippen LogP contribution in [-0.2, 0) is 6.42 Å². The van der Waals surface area contributed by atoms with E-state index in [1.54, 1.807) is 17.0 Å². The first kappa shape index (κ1) is 13.7. The Bertz CT molecular complexity index is 748. The SMILES string of the molecule is NC(=O)c1cc(N)cc(Cl)c1N1CCc2ccc(F)cc21. The van der Waals surface area contributed by atoms with Crippen molar-refractivity contribution in [3.05, 3.63) is 52.3 Å². The molecule has 0 bridgehead atoms. The summed E-state index contributed by atoms with van der Waals surface area (Å²) in [4.78, 5) is 13.5. The number of amides is 1. The Morgan fingerprint density at radius 2 is 2.05 bits per heavy atom. The van der Waals surface area contributed by atoms with Crippen molar-refractivity contribution in [1.82, 2.24) is 0 Å². The zero-order valence-corrected chi connectivity index (χ0v) is 11.8. The summed E-state index contributed by atoms with van der Waals surface area (Å²) in [5, 5.41) is 0.320. The monoisotopic (exact) mass is 305 g/mol. The lowest BCUT2D eigenvalue weighted by Crippen LogP contribution is -2.21. The van der Waals surface area contributed by atoms with Gasteiger partial charge in [-0.25, -0.2) is 4.39 Å². The average Bonchev–Trinajstić information content (AvgIpc) is 2.80. The van der Waals surface area contributed by atoms with Crippen LogP contribution >= 0.6 is 11.6 Å². The van der Waals surface area contributed by atoms with Crippen LogP contribution in [0.4, 0.5) is 21.5 Å². The Kier molecular flexibility index (Phi) is 3.22. The molecule has 2 aromatic carbocycles. The molecule has 0 atom stereocenters. The number of rotatable bonds is 2. The van der Waals surface area contributed by atoms with Gasteiger partial charge in [-0.3, -0.25) is 4.79 Å². The van der Waals surface area contributed by atoms with Crippen LogP contribution in [-0.4, -0.2) is 12.5 Å². The van der Waals surface area contributed by atoms with Crippen LogP contribution in [0.15, 0.2) is 30.3 Å². The minimum Gasteiger partial charge on any atom is -0.399 e. The minimum atomic E-state index is -0.621. The molecule has 6 heteroatoms. The van der Waals surface area contributed by atoms with Gasteiger partial charge in [0.15, 0.2) is 0 Å². The van der Waals surface area contributed by atoms with Gasteiger partial charge in [-0.1, -0.05) is 17.7 Å². The maximum absolute atomic E-state index is 13.5. The van der Waals surface area contributed by atoms with Crippen molar-refractivity contribution in [2.24, 2.45) is 5.73 Å². The largest absolute Gasteiger partial charge is 0.399 e. The number of primary amides is 1. The number of carbonyl (C=O) groups is 1. The molecule has 0 saturated carbocycles. The van der Waals surface area contributed by atoms with Crippen LogP contribution < -0.4 is 16.4 Å². The van der Waals surface area contributed by atoms with Crippen molar-refractivity contribution < 1.29 is 9.18 Å². The van der Waals surface area contributed by atoms with E-state index >= 15 is 0 Å². The van der Waals surface area contributed by atoms with Gasteiger partial charge in [-0.05, 0) is 36.2 Å². The molecule has 0 spiro atoms. The van der Waals surface area contributed by atoms with Crippen molar-refractivity contribution in [3.8, 4) is 0 Å². The number of halogens is 2. The fraction of sp³-hybridized carbons (Fsp3) is 0.133. The van der Waals surface area contributed by atoms with E-state index in [4.69, 9.17) is 23.1 Å². The van der Waals surface area contributed by atoms with Gasteiger partial charge in [-0.15, -0.1) is 0 Å². The maximum Gasteiger partial charge on any atom is 0.250 e. The Morgan fingerprint density at radius 3 is 2.76 bits per heavy atom. The van der Waals surface area contributed by atoms with Crippen molar-refractivity contribution in [1.29, 1.82) is 0 Å². The van der Waals surface area contributed by atoms with Crippen molar-refractivity contribution >= 4 is 34.6 Å². The molecule has 108 valence electrons. The van der Waals surface area contributed by atoms with Crippen molar-refractivity contribution in [2.75, 3.05) is 17.2 Å². The van der Waals surface area contributed by atoms with E-state index in [1.165, 1.54) is 18.2 Å². The van der Waals surface area contributed by atoms with E-state index in [-0.39, 0.29) is 11.4 Å². The van der Waals surface area contributed by atoms with E-state index in [2.05, 4.69) is 0 Å². The van der Waals surface area contributed by atoms with Crippen LogP contribution in [0.2, 0.25) is 5.02 Å². The summed E-state index contributed by atoms with van der Waals surface area (Å²) < 4.78 is 13.5. The quantitative estimate of drug-likeness (QED) is 0.838. The predicted molar refractivity (Wildman–Crippen MR) is 81.5 cm³/mol. The van der Waals surface area contributed by atoms with Gasteiger partial charge in [0.05, 0.1) is 16.3 Å². The summed E-state index contributed by atoms with van der Waals surface area (Å²) in [7, 11) is 0. The van der Waals surface area contributed by atoms with Gasteiger partial charge in [-0.2, -0.15) is 0 Å². The average molecular weight is 306 g/mol. The fourth-order valence-corrected chi connectivity index (χ4v) is 3.00. The molecule has 0 radical (unpaired) electrons.